The SMILES string of the molecule is CCCCCCC(P)C(CCCC)C(CC)CC. The van der Waals surface area contributed by atoms with Crippen molar-refractivity contribution in [1.82, 2.24) is 0 Å². The molecule has 0 aromatic rings. The third-order valence-electron chi connectivity index (χ3n) is 4.49. The highest BCUT2D eigenvalue weighted by atomic mass is 31.0. The van der Waals surface area contributed by atoms with Crippen molar-refractivity contribution >= 4 is 9.24 Å². The molecule has 110 valence electrons. The van der Waals surface area contributed by atoms with Gasteiger partial charge in [0.05, 0.1) is 0 Å². The molecule has 0 rings (SSSR count). The molecule has 3 atom stereocenters. The Labute approximate surface area is 119 Å². The minimum atomic E-state index is 0.860. The molecule has 0 fully saturated rings. The van der Waals surface area contributed by atoms with E-state index < -0.39 is 0 Å². The van der Waals surface area contributed by atoms with Crippen LogP contribution in [0.15, 0.2) is 0 Å². The highest BCUT2D eigenvalue weighted by molar-refractivity contribution is 7.17. The number of rotatable bonds is 12. The molecule has 18 heavy (non-hydrogen) atoms. The van der Waals surface area contributed by atoms with Crippen LogP contribution in [0.5, 0.6) is 0 Å². The summed E-state index contributed by atoms with van der Waals surface area (Å²) in [5, 5.41) is 0. The van der Waals surface area contributed by atoms with Gasteiger partial charge in [0.15, 0.2) is 0 Å². The Hall–Kier alpha value is 0.430. The molecule has 3 unspecified atom stereocenters. The van der Waals surface area contributed by atoms with Gasteiger partial charge >= 0.3 is 0 Å². The van der Waals surface area contributed by atoms with Gasteiger partial charge in [-0.15, -0.1) is 9.24 Å². The van der Waals surface area contributed by atoms with E-state index in [2.05, 4.69) is 36.9 Å². The number of hydrogen-bond acceptors (Lipinski definition) is 0. The number of hydrogen-bond donors (Lipinski definition) is 0. The minimum absolute atomic E-state index is 0.860. The second kappa shape index (κ2) is 12.5. The van der Waals surface area contributed by atoms with E-state index in [1.807, 2.05) is 0 Å². The summed E-state index contributed by atoms with van der Waals surface area (Å²) in [4.78, 5) is 0. The van der Waals surface area contributed by atoms with Crippen LogP contribution < -0.4 is 0 Å². The fraction of sp³-hybridized carbons (Fsp3) is 1.00. The van der Waals surface area contributed by atoms with Gasteiger partial charge in [-0.2, -0.15) is 0 Å². The van der Waals surface area contributed by atoms with Crippen molar-refractivity contribution < 1.29 is 0 Å². The first-order valence-electron chi connectivity index (χ1n) is 8.46. The molecule has 0 bridgehead atoms. The zero-order chi connectivity index (χ0) is 13.8. The van der Waals surface area contributed by atoms with E-state index in [-0.39, 0.29) is 0 Å². The van der Waals surface area contributed by atoms with Gasteiger partial charge in [-0.05, 0) is 30.3 Å². The van der Waals surface area contributed by atoms with E-state index >= 15 is 0 Å². The Morgan fingerprint density at radius 2 is 1.33 bits per heavy atom. The average molecular weight is 272 g/mol. The second-order valence-corrected chi connectivity index (χ2v) is 6.75. The van der Waals surface area contributed by atoms with E-state index in [0.29, 0.717) is 0 Å². The summed E-state index contributed by atoms with van der Waals surface area (Å²) in [7, 11) is 3.18. The summed E-state index contributed by atoms with van der Waals surface area (Å²) < 4.78 is 0. The molecule has 0 radical (unpaired) electrons. The number of unbranched alkanes of at least 4 members (excludes halogenated alkanes) is 4. The van der Waals surface area contributed by atoms with Crippen molar-refractivity contribution in [3.05, 3.63) is 0 Å². The molecular formula is C17H37P. The van der Waals surface area contributed by atoms with Crippen LogP contribution in [-0.2, 0) is 0 Å². The molecule has 0 amide bonds. The second-order valence-electron chi connectivity index (χ2n) is 5.90. The van der Waals surface area contributed by atoms with Gasteiger partial charge in [0.2, 0.25) is 0 Å². The Kier molecular flexibility index (Phi) is 12.8. The lowest BCUT2D eigenvalue weighted by atomic mass is 9.80. The van der Waals surface area contributed by atoms with E-state index in [9.17, 15) is 0 Å². The van der Waals surface area contributed by atoms with Gasteiger partial charge in [-0.1, -0.05) is 79.1 Å². The summed E-state index contributed by atoms with van der Waals surface area (Å²) in [6, 6.07) is 0. The summed E-state index contributed by atoms with van der Waals surface area (Å²) >= 11 is 0. The largest absolute Gasteiger partial charge is 0.134 e. The lowest BCUT2D eigenvalue weighted by Crippen LogP contribution is -2.23. The van der Waals surface area contributed by atoms with Gasteiger partial charge < -0.3 is 0 Å². The van der Waals surface area contributed by atoms with Crippen molar-refractivity contribution in [3.8, 4) is 0 Å². The molecule has 1 heteroatoms. The van der Waals surface area contributed by atoms with Gasteiger partial charge in [0.25, 0.3) is 0 Å². The van der Waals surface area contributed by atoms with Crippen molar-refractivity contribution in [3.63, 3.8) is 0 Å². The Morgan fingerprint density at radius 3 is 1.83 bits per heavy atom. The van der Waals surface area contributed by atoms with Crippen LogP contribution in [0.2, 0.25) is 0 Å². The topological polar surface area (TPSA) is 0 Å². The van der Waals surface area contributed by atoms with Crippen molar-refractivity contribution in [1.29, 1.82) is 0 Å². The van der Waals surface area contributed by atoms with Gasteiger partial charge in [0.1, 0.15) is 0 Å². The van der Waals surface area contributed by atoms with E-state index in [4.69, 9.17) is 0 Å². The summed E-state index contributed by atoms with van der Waals surface area (Å²) in [5.41, 5.74) is 0.860. The fourth-order valence-electron chi connectivity index (χ4n) is 3.15. The minimum Gasteiger partial charge on any atom is -0.134 e. The molecule has 0 spiro atoms. The van der Waals surface area contributed by atoms with Crippen molar-refractivity contribution in [2.75, 3.05) is 0 Å². The summed E-state index contributed by atoms with van der Waals surface area (Å²) in [5.74, 6) is 1.90. The molecular weight excluding hydrogens is 235 g/mol. The van der Waals surface area contributed by atoms with Crippen LogP contribution in [-0.4, -0.2) is 5.66 Å². The first-order chi connectivity index (χ1) is 8.71. The van der Waals surface area contributed by atoms with E-state index in [1.54, 1.807) is 0 Å². The zero-order valence-corrected chi connectivity index (χ0v) is 14.5. The summed E-state index contributed by atoms with van der Waals surface area (Å²) in [6.07, 6.45) is 14.0. The van der Waals surface area contributed by atoms with Crippen LogP contribution in [0.1, 0.15) is 91.9 Å². The molecule has 0 aromatic heterocycles. The van der Waals surface area contributed by atoms with Gasteiger partial charge in [-0.3, -0.25) is 0 Å². The van der Waals surface area contributed by atoms with Crippen LogP contribution in [0.4, 0.5) is 0 Å². The maximum Gasteiger partial charge on any atom is -0.0233 e. The van der Waals surface area contributed by atoms with E-state index in [0.717, 1.165) is 17.5 Å². The highest BCUT2D eigenvalue weighted by Gasteiger charge is 2.23. The predicted octanol–water partition coefficient (Wildman–Crippen LogP) is 6.44. The molecule has 0 aliphatic carbocycles. The first-order valence-corrected chi connectivity index (χ1v) is 9.13. The predicted molar refractivity (Wildman–Crippen MR) is 89.3 cm³/mol. The van der Waals surface area contributed by atoms with Crippen LogP contribution >= 0.6 is 9.24 Å². The molecule has 0 aromatic carbocycles. The zero-order valence-electron chi connectivity index (χ0n) is 13.4. The van der Waals surface area contributed by atoms with Gasteiger partial charge in [-0.25, -0.2) is 0 Å². The molecule has 0 saturated heterocycles. The molecule has 0 heterocycles. The average Bonchev–Trinajstić information content (AvgIpc) is 2.39. The highest BCUT2D eigenvalue weighted by Crippen LogP contribution is 2.34. The van der Waals surface area contributed by atoms with E-state index in [1.165, 1.54) is 64.2 Å². The molecule has 0 saturated carbocycles. The maximum atomic E-state index is 3.18. The Bertz CT molecular complexity index is 163. The van der Waals surface area contributed by atoms with Gasteiger partial charge in [0, 0.05) is 0 Å². The third-order valence-corrected chi connectivity index (χ3v) is 5.31. The molecule has 0 N–H and O–H groups in total. The van der Waals surface area contributed by atoms with Crippen molar-refractivity contribution in [2.24, 2.45) is 11.8 Å². The van der Waals surface area contributed by atoms with Crippen molar-refractivity contribution in [2.45, 2.75) is 97.6 Å². The molecule has 0 aliphatic rings. The fourth-order valence-corrected chi connectivity index (χ4v) is 3.90. The lowest BCUT2D eigenvalue weighted by Gasteiger charge is -2.31. The monoisotopic (exact) mass is 272 g/mol. The quantitative estimate of drug-likeness (QED) is 0.283. The first kappa shape index (κ1) is 18.4. The normalized spacial score (nSPS) is 15.0. The van der Waals surface area contributed by atoms with Crippen LogP contribution in [0.3, 0.4) is 0 Å². The third kappa shape index (κ3) is 7.78. The summed E-state index contributed by atoms with van der Waals surface area (Å²) in [6.45, 7) is 9.37. The molecule has 0 aliphatic heterocycles. The smallest absolute Gasteiger partial charge is 0.0233 e. The van der Waals surface area contributed by atoms with Crippen LogP contribution in [0.25, 0.3) is 0 Å². The molecule has 0 nitrogen and oxygen atoms in total. The lowest BCUT2D eigenvalue weighted by molar-refractivity contribution is 0.272. The van der Waals surface area contributed by atoms with Crippen LogP contribution in [0, 0.1) is 11.8 Å². The Balaban J connectivity index is 4.16. The maximum absolute atomic E-state index is 3.18. The Morgan fingerprint density at radius 1 is 0.722 bits per heavy atom. The standard InChI is InChI=1S/C17H37P/c1-5-9-11-12-14-17(18)16(13-10-6-2)15(7-3)8-4/h15-17H,5-14,18H2,1-4H3.